The predicted octanol–water partition coefficient (Wildman–Crippen LogP) is 0.829. The van der Waals surface area contributed by atoms with E-state index in [1.807, 2.05) is 11.0 Å². The van der Waals surface area contributed by atoms with Crippen molar-refractivity contribution >= 4 is 27.7 Å². The normalized spacial score (nSPS) is 18.1. The molecule has 1 aliphatic heterocycles. The number of pyridine rings is 1. The van der Waals surface area contributed by atoms with Crippen LogP contribution in [0.5, 0.6) is 0 Å². The van der Waals surface area contributed by atoms with Gasteiger partial charge in [0.2, 0.25) is 5.91 Å². The summed E-state index contributed by atoms with van der Waals surface area (Å²) < 4.78 is 0.870. The molecule has 2 rings (SSSR count). The zero-order chi connectivity index (χ0) is 15.1. The molecule has 1 unspecified atom stereocenters. The van der Waals surface area contributed by atoms with Crippen LogP contribution in [0, 0.1) is 0 Å². The molecule has 2 heterocycles. The summed E-state index contributed by atoms with van der Waals surface area (Å²) in [5, 5.41) is 15.3. The van der Waals surface area contributed by atoms with Gasteiger partial charge in [-0.3, -0.25) is 9.69 Å². The van der Waals surface area contributed by atoms with Crippen LogP contribution in [-0.4, -0.2) is 59.7 Å². The van der Waals surface area contributed by atoms with Crippen LogP contribution in [0.4, 0.5) is 5.82 Å². The molecule has 7 heteroatoms. The molecule has 0 bridgehead atoms. The lowest BCUT2D eigenvalue weighted by atomic mass is 10.2. The minimum atomic E-state index is -0.115. The number of hydrogen-bond acceptors (Lipinski definition) is 5. The summed E-state index contributed by atoms with van der Waals surface area (Å²) in [6.45, 7) is 2.63. The number of amides is 1. The van der Waals surface area contributed by atoms with Gasteiger partial charge in [-0.1, -0.05) is 0 Å². The van der Waals surface area contributed by atoms with E-state index in [1.54, 1.807) is 12.3 Å². The molecular formula is C14H21BrN4O2. The summed E-state index contributed by atoms with van der Waals surface area (Å²) in [4.78, 5) is 18.1. The fourth-order valence-corrected chi connectivity index (χ4v) is 2.67. The van der Waals surface area contributed by atoms with Crippen molar-refractivity contribution < 1.29 is 9.90 Å². The number of carbonyl (C=O) groups is 1. The maximum Gasteiger partial charge on any atom is 0.239 e. The van der Waals surface area contributed by atoms with Crippen LogP contribution in [0.1, 0.15) is 12.8 Å². The molecule has 1 atom stereocenters. The number of nitrogens with one attached hydrogen (secondary N) is 2. The average molecular weight is 357 g/mol. The van der Waals surface area contributed by atoms with Crippen molar-refractivity contribution in [1.82, 2.24) is 15.2 Å². The van der Waals surface area contributed by atoms with Gasteiger partial charge in [-0.05, 0) is 47.4 Å². The molecule has 6 nitrogen and oxygen atoms in total. The monoisotopic (exact) mass is 356 g/mol. The molecule has 116 valence electrons. The highest BCUT2D eigenvalue weighted by molar-refractivity contribution is 9.10. The lowest BCUT2D eigenvalue weighted by Gasteiger charge is -2.24. The van der Waals surface area contributed by atoms with Gasteiger partial charge in [-0.15, -0.1) is 0 Å². The second-order valence-electron chi connectivity index (χ2n) is 5.16. The predicted molar refractivity (Wildman–Crippen MR) is 85.1 cm³/mol. The van der Waals surface area contributed by atoms with Gasteiger partial charge in [0.1, 0.15) is 5.82 Å². The van der Waals surface area contributed by atoms with Crippen molar-refractivity contribution in [2.45, 2.75) is 18.9 Å². The maximum atomic E-state index is 12.0. The van der Waals surface area contributed by atoms with Crippen molar-refractivity contribution in [2.75, 3.05) is 38.1 Å². The molecule has 1 amide bonds. The lowest BCUT2D eigenvalue weighted by molar-refractivity contribution is -0.117. The summed E-state index contributed by atoms with van der Waals surface area (Å²) >= 11 is 3.30. The number of nitrogens with zero attached hydrogens (tertiary/aromatic N) is 2. The lowest BCUT2D eigenvalue weighted by Crippen LogP contribution is -2.42. The molecule has 0 aromatic carbocycles. The van der Waals surface area contributed by atoms with E-state index < -0.39 is 0 Å². The second kappa shape index (κ2) is 8.43. The largest absolute Gasteiger partial charge is 0.395 e. The Hall–Kier alpha value is -1.02. The van der Waals surface area contributed by atoms with Crippen LogP contribution in [0.15, 0.2) is 22.8 Å². The highest BCUT2D eigenvalue weighted by atomic mass is 79.9. The Labute approximate surface area is 133 Å². The third kappa shape index (κ3) is 5.70. The van der Waals surface area contributed by atoms with E-state index in [2.05, 4.69) is 31.5 Å². The topological polar surface area (TPSA) is 77.5 Å². The van der Waals surface area contributed by atoms with Gasteiger partial charge in [0.15, 0.2) is 0 Å². The number of rotatable bonds is 7. The Bertz CT molecular complexity index is 449. The highest BCUT2D eigenvalue weighted by Gasteiger charge is 2.19. The van der Waals surface area contributed by atoms with E-state index in [1.165, 1.54) is 6.42 Å². The van der Waals surface area contributed by atoms with E-state index in [0.717, 1.165) is 24.0 Å². The Morgan fingerprint density at radius 3 is 3.05 bits per heavy atom. The zero-order valence-corrected chi connectivity index (χ0v) is 13.5. The zero-order valence-electron chi connectivity index (χ0n) is 11.9. The molecule has 0 radical (unpaired) electrons. The Morgan fingerprint density at radius 1 is 1.57 bits per heavy atom. The van der Waals surface area contributed by atoms with E-state index in [4.69, 9.17) is 5.11 Å². The Balaban J connectivity index is 1.83. The van der Waals surface area contributed by atoms with E-state index in [9.17, 15) is 4.79 Å². The number of aliphatic hydroxyl groups is 1. The van der Waals surface area contributed by atoms with Gasteiger partial charge >= 0.3 is 0 Å². The molecule has 3 N–H and O–H groups in total. The smallest absolute Gasteiger partial charge is 0.239 e. The van der Waals surface area contributed by atoms with E-state index in [0.29, 0.717) is 18.4 Å². The molecule has 1 aromatic heterocycles. The van der Waals surface area contributed by atoms with Crippen molar-refractivity contribution in [2.24, 2.45) is 0 Å². The summed E-state index contributed by atoms with van der Waals surface area (Å²) in [6, 6.07) is 3.99. The molecule has 1 saturated heterocycles. The summed E-state index contributed by atoms with van der Waals surface area (Å²) in [6.07, 6.45) is 3.94. The van der Waals surface area contributed by atoms with Crippen LogP contribution in [-0.2, 0) is 4.79 Å². The highest BCUT2D eigenvalue weighted by Crippen LogP contribution is 2.11. The van der Waals surface area contributed by atoms with Crippen molar-refractivity contribution in [3.05, 3.63) is 22.8 Å². The van der Waals surface area contributed by atoms with Crippen LogP contribution in [0.25, 0.3) is 0 Å². The first-order chi connectivity index (χ1) is 10.2. The number of aromatic nitrogens is 1. The van der Waals surface area contributed by atoms with Crippen LogP contribution >= 0.6 is 15.9 Å². The molecule has 0 aliphatic carbocycles. The van der Waals surface area contributed by atoms with Gasteiger partial charge in [-0.25, -0.2) is 4.98 Å². The second-order valence-corrected chi connectivity index (χ2v) is 6.08. The maximum absolute atomic E-state index is 12.0. The quantitative estimate of drug-likeness (QED) is 0.674. The van der Waals surface area contributed by atoms with Crippen molar-refractivity contribution in [3.63, 3.8) is 0 Å². The molecule has 1 aliphatic rings. The first-order valence-corrected chi connectivity index (χ1v) is 7.94. The first kappa shape index (κ1) is 16.4. The minimum absolute atomic E-state index is 0.0521. The third-order valence-electron chi connectivity index (χ3n) is 3.42. The van der Waals surface area contributed by atoms with Gasteiger partial charge < -0.3 is 15.7 Å². The van der Waals surface area contributed by atoms with Gasteiger partial charge in [-0.2, -0.15) is 0 Å². The molecule has 0 spiro atoms. The molecule has 1 fully saturated rings. The van der Waals surface area contributed by atoms with E-state index >= 15 is 0 Å². The number of carbonyl (C=O) groups excluding carboxylic acids is 1. The van der Waals surface area contributed by atoms with E-state index in [-0.39, 0.29) is 19.1 Å². The molecular weight excluding hydrogens is 336 g/mol. The summed E-state index contributed by atoms with van der Waals surface area (Å²) in [5.41, 5.74) is 0. The van der Waals surface area contributed by atoms with Crippen molar-refractivity contribution in [3.8, 4) is 0 Å². The molecule has 1 aromatic rings. The van der Waals surface area contributed by atoms with Gasteiger partial charge in [0.25, 0.3) is 0 Å². The summed E-state index contributed by atoms with van der Waals surface area (Å²) in [7, 11) is 0. The van der Waals surface area contributed by atoms with Crippen LogP contribution < -0.4 is 10.6 Å². The van der Waals surface area contributed by atoms with Gasteiger partial charge in [0.05, 0.1) is 13.2 Å². The third-order valence-corrected chi connectivity index (χ3v) is 3.89. The first-order valence-electron chi connectivity index (χ1n) is 7.15. The summed E-state index contributed by atoms with van der Waals surface area (Å²) in [5.74, 6) is 0.419. The number of anilines is 1. The molecule has 21 heavy (non-hydrogen) atoms. The van der Waals surface area contributed by atoms with Gasteiger partial charge in [0, 0.05) is 29.8 Å². The minimum Gasteiger partial charge on any atom is -0.395 e. The number of hydrogen-bond donors (Lipinski definition) is 3. The molecule has 0 saturated carbocycles. The SMILES string of the molecule is O=C(CN(CCO)CC1CCCN1)Nc1ccc(Br)cn1. The Morgan fingerprint density at radius 2 is 2.43 bits per heavy atom. The van der Waals surface area contributed by atoms with Crippen molar-refractivity contribution in [1.29, 1.82) is 0 Å². The van der Waals surface area contributed by atoms with Crippen LogP contribution in [0.2, 0.25) is 0 Å². The standard InChI is InChI=1S/C14H21BrN4O2/c15-11-3-4-13(17-8-11)18-14(21)10-19(6-7-20)9-12-2-1-5-16-12/h3-4,8,12,16,20H,1-2,5-7,9-10H2,(H,17,18,21). The average Bonchev–Trinajstić information content (AvgIpc) is 2.94. The number of halogens is 1. The Kier molecular flexibility index (Phi) is 6.56. The number of aliphatic hydroxyl groups excluding tert-OH is 1. The fourth-order valence-electron chi connectivity index (χ4n) is 2.44. The van der Waals surface area contributed by atoms with Crippen LogP contribution in [0.3, 0.4) is 0 Å². The fraction of sp³-hybridized carbons (Fsp3) is 0.571.